The number of fused-ring (bicyclic) bond motifs is 2. The summed E-state index contributed by atoms with van der Waals surface area (Å²) < 4.78 is 35.8. The van der Waals surface area contributed by atoms with E-state index in [-0.39, 0.29) is 29.3 Å². The van der Waals surface area contributed by atoms with Crippen molar-refractivity contribution in [3.63, 3.8) is 0 Å². The number of methoxy groups -OCH3 is 1. The number of hydrogen-bond donors (Lipinski definition) is 2. The predicted molar refractivity (Wildman–Crippen MR) is 169 cm³/mol. The lowest BCUT2D eigenvalue weighted by molar-refractivity contribution is -0.000326. The van der Waals surface area contributed by atoms with Gasteiger partial charge in [-0.1, -0.05) is 37.1 Å². The van der Waals surface area contributed by atoms with Crippen LogP contribution in [0.15, 0.2) is 48.0 Å². The number of primary sulfonamides is 1. The number of hydrogen-bond acceptors (Lipinski definition) is 6. The lowest BCUT2D eigenvalue weighted by atomic mass is 9.64. The maximum Gasteiger partial charge on any atom is 0.335 e. The molecule has 0 amide bonds. The number of ether oxygens (including phenoxy) is 2. The Morgan fingerprint density at radius 3 is 2.63 bits per heavy atom. The van der Waals surface area contributed by atoms with Crippen LogP contribution in [0.3, 0.4) is 0 Å². The zero-order valence-electron chi connectivity index (χ0n) is 25.0. The minimum absolute atomic E-state index is 0.00308. The molecule has 5 rings (SSSR count). The van der Waals surface area contributed by atoms with Crippen LogP contribution in [0.2, 0.25) is 5.02 Å². The molecule has 1 fully saturated rings. The van der Waals surface area contributed by atoms with E-state index >= 15 is 0 Å². The first-order valence-corrected chi connectivity index (χ1v) is 17.4. The molecule has 0 aromatic heterocycles. The smallest absolute Gasteiger partial charge is 0.335 e. The molecule has 0 radical (unpaired) electrons. The first kappa shape index (κ1) is 31.8. The molecule has 0 bridgehead atoms. The first-order chi connectivity index (χ1) is 20.6. The van der Waals surface area contributed by atoms with Crippen molar-refractivity contribution in [3.8, 4) is 5.75 Å². The van der Waals surface area contributed by atoms with Gasteiger partial charge in [0.25, 0.3) is 0 Å². The molecule has 10 heteroatoms. The average Bonchev–Trinajstić information content (AvgIpc) is 2.95. The zero-order valence-corrected chi connectivity index (χ0v) is 26.6. The van der Waals surface area contributed by atoms with Crippen LogP contribution in [0.25, 0.3) is 0 Å². The number of allylic oxidation sites excluding steroid dienone is 1. The Hall–Kier alpha value is -2.59. The summed E-state index contributed by atoms with van der Waals surface area (Å²) in [5.74, 6) is 0.589. The molecule has 234 valence electrons. The van der Waals surface area contributed by atoms with E-state index in [1.807, 2.05) is 13.0 Å². The Kier molecular flexibility index (Phi) is 10.1. The molecule has 1 unspecified atom stereocenters. The standard InChI is InChI=1S/C33H43ClN2O6S/c1-3-21(20-43(35,39)40)26-14-27(15-26)32(41-2)29-11-8-25(29)19-36-18-24-7-10-28(34)16-22(24)6-4-5-13-42-31-12-9-23(33(37)38)17-30(31)36/h7,9-10,12,14,16-17,21,25-26,29,32H,3-6,8,11,13,15,18-20H2,1-2H3,(H,37,38)(H2,35,39,40)/t21-,25+,26?,29-,32+/m1/s1. The van der Waals surface area contributed by atoms with E-state index in [0.29, 0.717) is 35.8 Å². The third-order valence-corrected chi connectivity index (χ3v) is 10.7. The summed E-state index contributed by atoms with van der Waals surface area (Å²) in [6.07, 6.45) is 8.61. The number of benzene rings is 2. The average molecular weight is 631 g/mol. The van der Waals surface area contributed by atoms with E-state index < -0.39 is 16.0 Å². The SMILES string of the molecule is CC[C@H](CS(N)(=O)=O)C1C=C([C@H](OC)[C@@H]2CC[C@H]2CN2Cc3ccc(Cl)cc3CCCCOc3ccc(C(=O)O)cc32)C1. The molecule has 8 nitrogen and oxygen atoms in total. The molecule has 43 heavy (non-hydrogen) atoms. The lowest BCUT2D eigenvalue weighted by Crippen LogP contribution is -2.46. The highest BCUT2D eigenvalue weighted by Crippen LogP contribution is 2.47. The molecule has 2 aliphatic carbocycles. The van der Waals surface area contributed by atoms with E-state index in [9.17, 15) is 18.3 Å². The van der Waals surface area contributed by atoms with Crippen LogP contribution in [0.5, 0.6) is 5.75 Å². The maximum atomic E-state index is 12.0. The molecule has 3 aliphatic rings. The molecule has 1 heterocycles. The number of anilines is 1. The Morgan fingerprint density at radius 1 is 1.19 bits per heavy atom. The van der Waals surface area contributed by atoms with Gasteiger partial charge in [-0.25, -0.2) is 18.4 Å². The quantitative estimate of drug-likeness (QED) is 0.306. The van der Waals surface area contributed by atoms with Crippen LogP contribution in [0.1, 0.15) is 66.9 Å². The highest BCUT2D eigenvalue weighted by molar-refractivity contribution is 7.89. The highest BCUT2D eigenvalue weighted by atomic mass is 35.5. The monoisotopic (exact) mass is 630 g/mol. The van der Waals surface area contributed by atoms with E-state index in [4.69, 9.17) is 26.2 Å². The summed E-state index contributed by atoms with van der Waals surface area (Å²) >= 11 is 6.40. The molecule has 2 aromatic carbocycles. The highest BCUT2D eigenvalue weighted by Gasteiger charge is 2.43. The predicted octanol–water partition coefficient (Wildman–Crippen LogP) is 6.06. The fourth-order valence-corrected chi connectivity index (χ4v) is 8.30. The van der Waals surface area contributed by atoms with Gasteiger partial charge in [0.1, 0.15) is 5.75 Å². The van der Waals surface area contributed by atoms with Gasteiger partial charge in [-0.15, -0.1) is 0 Å². The lowest BCUT2D eigenvalue weighted by Gasteiger charge is -2.47. The number of nitrogens with two attached hydrogens (primary N) is 1. The molecular weight excluding hydrogens is 588 g/mol. The fraction of sp³-hybridized carbons (Fsp3) is 0.545. The molecule has 2 aromatic rings. The molecule has 0 spiro atoms. The van der Waals surface area contributed by atoms with Gasteiger partial charge in [0.05, 0.1) is 29.7 Å². The second-order valence-electron chi connectivity index (χ2n) is 12.4. The van der Waals surface area contributed by atoms with Gasteiger partial charge in [-0.2, -0.15) is 0 Å². The summed E-state index contributed by atoms with van der Waals surface area (Å²) in [5.41, 5.74) is 4.66. The van der Waals surface area contributed by atoms with Gasteiger partial charge in [-0.05, 0) is 109 Å². The van der Waals surface area contributed by atoms with Crippen LogP contribution in [-0.4, -0.2) is 51.6 Å². The number of nitrogens with zero attached hydrogens (tertiary/aromatic N) is 1. The number of sulfonamides is 1. The third kappa shape index (κ3) is 7.56. The normalized spacial score (nSPS) is 23.7. The maximum absolute atomic E-state index is 12.0. The number of aromatic carboxylic acids is 1. The number of aryl methyl sites for hydroxylation is 1. The number of carboxylic acids is 1. The summed E-state index contributed by atoms with van der Waals surface area (Å²) in [7, 11) is -1.77. The van der Waals surface area contributed by atoms with E-state index in [2.05, 4.69) is 23.1 Å². The Bertz CT molecular complexity index is 1460. The number of halogens is 1. The molecule has 1 aliphatic heterocycles. The number of carboxylic acid groups (broad SMARTS) is 1. The van der Waals surface area contributed by atoms with Gasteiger partial charge in [0, 0.05) is 25.2 Å². The fourth-order valence-electron chi connectivity index (χ4n) is 7.03. The van der Waals surface area contributed by atoms with Gasteiger partial charge in [-0.3, -0.25) is 0 Å². The van der Waals surface area contributed by atoms with Crippen LogP contribution < -0.4 is 14.8 Å². The minimum atomic E-state index is -3.52. The Morgan fingerprint density at radius 2 is 1.98 bits per heavy atom. The second-order valence-corrected chi connectivity index (χ2v) is 14.4. The molecule has 5 atom stereocenters. The molecule has 1 saturated carbocycles. The Labute approximate surface area is 260 Å². The van der Waals surface area contributed by atoms with Crippen molar-refractivity contribution in [2.24, 2.45) is 28.8 Å². The first-order valence-electron chi connectivity index (χ1n) is 15.3. The van der Waals surface area contributed by atoms with Gasteiger partial charge in [0.2, 0.25) is 10.0 Å². The molecule has 0 saturated heterocycles. The molecule has 3 N–H and O–H groups in total. The third-order valence-electron chi connectivity index (χ3n) is 9.59. The van der Waals surface area contributed by atoms with Gasteiger partial charge < -0.3 is 19.5 Å². The second kappa shape index (κ2) is 13.6. The van der Waals surface area contributed by atoms with Crippen molar-refractivity contribution >= 4 is 33.3 Å². The van der Waals surface area contributed by atoms with Crippen molar-refractivity contribution in [2.45, 2.75) is 64.5 Å². The van der Waals surface area contributed by atoms with E-state index in [0.717, 1.165) is 57.2 Å². The van der Waals surface area contributed by atoms with Crippen LogP contribution in [0.4, 0.5) is 5.69 Å². The van der Waals surface area contributed by atoms with Crippen LogP contribution >= 0.6 is 11.6 Å². The zero-order chi connectivity index (χ0) is 30.7. The van der Waals surface area contributed by atoms with Crippen LogP contribution in [-0.2, 0) is 27.7 Å². The van der Waals surface area contributed by atoms with Crippen molar-refractivity contribution in [1.29, 1.82) is 0 Å². The van der Waals surface area contributed by atoms with Crippen molar-refractivity contribution < 1.29 is 27.8 Å². The largest absolute Gasteiger partial charge is 0.491 e. The van der Waals surface area contributed by atoms with Gasteiger partial charge >= 0.3 is 5.97 Å². The van der Waals surface area contributed by atoms with Crippen molar-refractivity contribution in [3.05, 3.63) is 69.8 Å². The van der Waals surface area contributed by atoms with Crippen LogP contribution in [0, 0.1) is 23.7 Å². The molecular formula is C33H43ClN2O6S. The van der Waals surface area contributed by atoms with Crippen molar-refractivity contribution in [2.75, 3.05) is 30.9 Å². The topological polar surface area (TPSA) is 119 Å². The summed E-state index contributed by atoms with van der Waals surface area (Å²) in [5, 5.41) is 15.9. The van der Waals surface area contributed by atoms with E-state index in [1.165, 1.54) is 16.7 Å². The van der Waals surface area contributed by atoms with Gasteiger partial charge in [0.15, 0.2) is 0 Å². The summed E-state index contributed by atoms with van der Waals surface area (Å²) in [6, 6.07) is 11.2. The van der Waals surface area contributed by atoms with E-state index in [1.54, 1.807) is 25.3 Å². The number of carbonyl (C=O) groups is 1. The minimum Gasteiger partial charge on any atom is -0.491 e. The summed E-state index contributed by atoms with van der Waals surface area (Å²) in [4.78, 5) is 14.3. The Balaban J connectivity index is 1.41. The number of rotatable bonds is 10. The summed E-state index contributed by atoms with van der Waals surface area (Å²) in [6.45, 7) is 3.91. The van der Waals surface area contributed by atoms with Crippen molar-refractivity contribution in [1.82, 2.24) is 0 Å².